The summed E-state index contributed by atoms with van der Waals surface area (Å²) in [4.78, 5) is 35.9. The van der Waals surface area contributed by atoms with E-state index >= 15 is 0 Å². The van der Waals surface area contributed by atoms with Gasteiger partial charge >= 0.3 is 62.5 Å². The molecule has 0 radical (unpaired) electrons. The minimum absolute atomic E-state index is 0. The topological polar surface area (TPSA) is 135 Å². The molecule has 11 heteroatoms. The maximum absolute atomic E-state index is 8.88. The third-order valence-corrected chi connectivity index (χ3v) is 0. The molecule has 0 aromatic carbocycles. The molecule has 0 aromatic rings. The van der Waals surface area contributed by atoms with Gasteiger partial charge in [0.2, 0.25) is 0 Å². The predicted molar refractivity (Wildman–Crippen MR) is 33.7 cm³/mol. The van der Waals surface area contributed by atoms with Gasteiger partial charge in [0.1, 0.15) is 0 Å². The van der Waals surface area contributed by atoms with Crippen LogP contribution < -0.4 is 0 Å². The van der Waals surface area contributed by atoms with Gasteiger partial charge in [-0.1, -0.05) is 0 Å². The van der Waals surface area contributed by atoms with E-state index in [0.29, 0.717) is 0 Å². The molecule has 0 heterocycles. The largest absolute Gasteiger partial charge is 0 e. The van der Waals surface area contributed by atoms with E-state index in [1.807, 2.05) is 0 Å². The molecule has 5 N–H and O–H groups in total. The second-order valence-electron chi connectivity index (χ2n) is 0.796. The van der Waals surface area contributed by atoms with E-state index in [2.05, 4.69) is 0 Å². The predicted octanol–water partition coefficient (Wildman–Crippen LogP) is -3.46. The number of phosphoric acid groups is 1. The molecule has 0 rings (SSSR count). The quantitative estimate of drug-likeness (QED) is 0.230. The second kappa shape index (κ2) is 11.8. The van der Waals surface area contributed by atoms with Crippen LogP contribution in [0, 0.1) is 0 Å². The Morgan fingerprint density at radius 3 is 1.09 bits per heavy atom. The van der Waals surface area contributed by atoms with E-state index in [9.17, 15) is 0 Å². The van der Waals surface area contributed by atoms with Crippen LogP contribution in [-0.2, 0) is 28.5 Å². The summed E-state index contributed by atoms with van der Waals surface area (Å²) >= 11 is 0. The molecule has 0 saturated carbocycles. The summed E-state index contributed by atoms with van der Waals surface area (Å²) in [6.07, 6.45) is 0. The molecule has 0 aromatic heterocycles. The number of rotatable bonds is 0. The standard InChI is InChI=1S/H3O4P.H2O3Si.Sr.Zn.2H/c1-5(2,3)4;1-4(2)3;;;;/h(H3,1,2,3,4);1-2H;;;;. The van der Waals surface area contributed by atoms with Crippen LogP contribution in [0.5, 0.6) is 0 Å². The van der Waals surface area contributed by atoms with E-state index in [0.717, 1.165) is 0 Å². The summed E-state index contributed by atoms with van der Waals surface area (Å²) in [7, 11) is -7.77. The number of hydrogen-bond acceptors (Lipinski definition) is 2. The zero-order chi connectivity index (χ0) is 8.08. The fraction of sp³-hybridized carbons (Fsp3) is 0. The SMILES string of the molecule is O=P(O)(O)O.O=[Si](O)O.[SrH2].[Zn]. The smallest absolute Gasteiger partial charge is 0 e. The molecule has 0 atom stereocenters. The fourth-order valence-electron chi connectivity index (χ4n) is 0. The van der Waals surface area contributed by atoms with Gasteiger partial charge in [-0.25, -0.2) is 4.57 Å². The zero-order valence-electron chi connectivity index (χ0n) is 4.71. The first-order valence-corrected chi connectivity index (χ1v) is 4.30. The van der Waals surface area contributed by atoms with Gasteiger partial charge in [-0.05, 0) is 0 Å². The van der Waals surface area contributed by atoms with Crippen LogP contribution in [0.1, 0.15) is 0 Å². The maximum atomic E-state index is 8.88. The van der Waals surface area contributed by atoms with Crippen molar-refractivity contribution >= 4 is 62.5 Å². The van der Waals surface area contributed by atoms with Crippen LogP contribution in [0.15, 0.2) is 0 Å². The summed E-state index contributed by atoms with van der Waals surface area (Å²) in [5.41, 5.74) is 0. The van der Waals surface area contributed by atoms with E-state index in [-0.39, 0.29) is 65.0 Å². The van der Waals surface area contributed by atoms with Gasteiger partial charge in [0.15, 0.2) is 0 Å². The van der Waals surface area contributed by atoms with Gasteiger partial charge < -0.3 is 24.3 Å². The van der Waals surface area contributed by atoms with Crippen LogP contribution in [0.2, 0.25) is 0 Å². The van der Waals surface area contributed by atoms with Crippen molar-refractivity contribution in [2.75, 3.05) is 0 Å². The van der Waals surface area contributed by atoms with Crippen LogP contribution in [0.4, 0.5) is 0 Å². The van der Waals surface area contributed by atoms with Crippen LogP contribution in [0.3, 0.4) is 0 Å². The van der Waals surface area contributed by atoms with Crippen molar-refractivity contribution < 1.29 is 52.8 Å². The molecule has 11 heavy (non-hydrogen) atoms. The first-order chi connectivity index (χ1) is 3.73. The first-order valence-electron chi connectivity index (χ1n) is 1.43. The Labute approximate surface area is 114 Å². The average Bonchev–Trinajstić information content (AvgIpc) is 1.19. The van der Waals surface area contributed by atoms with Crippen molar-refractivity contribution in [1.29, 1.82) is 0 Å². The van der Waals surface area contributed by atoms with E-state index in [1.165, 1.54) is 0 Å². The van der Waals surface area contributed by atoms with Crippen LogP contribution >= 0.6 is 7.82 Å². The molecule has 0 aliphatic carbocycles. The monoisotopic (exact) mass is 330 g/mol. The van der Waals surface area contributed by atoms with E-state index in [4.69, 9.17) is 33.3 Å². The van der Waals surface area contributed by atoms with Gasteiger partial charge in [0, 0.05) is 19.5 Å². The Bertz CT molecular complexity index is 118. The Morgan fingerprint density at radius 2 is 1.09 bits per heavy atom. The Hall–Kier alpha value is 1.83. The van der Waals surface area contributed by atoms with Gasteiger partial charge in [0.05, 0.1) is 0 Å². The fourth-order valence-corrected chi connectivity index (χ4v) is 0. The molecule has 0 aliphatic heterocycles. The third-order valence-electron chi connectivity index (χ3n) is 0. The minimum Gasteiger partial charge on any atom is 0 e. The van der Waals surface area contributed by atoms with Crippen LogP contribution in [0.25, 0.3) is 0 Å². The Balaban J connectivity index is -0.0000000383. The Morgan fingerprint density at radius 1 is 1.09 bits per heavy atom. The first kappa shape index (κ1) is 23.0. The van der Waals surface area contributed by atoms with Gasteiger partial charge in [-0.2, -0.15) is 0 Å². The van der Waals surface area contributed by atoms with Crippen molar-refractivity contribution in [3.8, 4) is 0 Å². The van der Waals surface area contributed by atoms with Crippen molar-refractivity contribution in [3.05, 3.63) is 0 Å². The molecule has 0 bridgehead atoms. The molecule has 0 aliphatic rings. The molecule has 0 fully saturated rings. The molecular weight excluding hydrogens is 324 g/mol. The van der Waals surface area contributed by atoms with Gasteiger partial charge in [-0.3, -0.25) is 4.46 Å². The summed E-state index contributed by atoms with van der Waals surface area (Å²) < 4.78 is 17.6. The van der Waals surface area contributed by atoms with Crippen molar-refractivity contribution in [3.63, 3.8) is 0 Å². The Kier molecular flexibility index (Phi) is 24.8. The summed E-state index contributed by atoms with van der Waals surface area (Å²) in [5.74, 6) is 0. The molecule has 0 amide bonds. The third kappa shape index (κ3) is 341. The zero-order valence-corrected chi connectivity index (χ0v) is 9.57. The van der Waals surface area contributed by atoms with Crippen molar-refractivity contribution in [1.82, 2.24) is 0 Å². The van der Waals surface area contributed by atoms with Crippen molar-refractivity contribution in [2.45, 2.75) is 0 Å². The van der Waals surface area contributed by atoms with Crippen molar-refractivity contribution in [2.24, 2.45) is 0 Å². The summed E-state index contributed by atoms with van der Waals surface area (Å²) in [5, 5.41) is 0. The molecular formula is H7O7PSiSrZn. The molecule has 7 nitrogen and oxygen atoms in total. The molecule has 0 spiro atoms. The molecule has 62 valence electrons. The van der Waals surface area contributed by atoms with E-state index < -0.39 is 17.0 Å². The normalized spacial score (nSPS) is 7.55. The van der Waals surface area contributed by atoms with E-state index in [1.54, 1.807) is 0 Å². The molecule has 0 unspecified atom stereocenters. The molecule has 0 saturated heterocycles. The van der Waals surface area contributed by atoms with Crippen LogP contribution in [-0.4, -0.2) is 78.9 Å². The minimum atomic E-state index is -4.64. The average molecular weight is 331 g/mol. The maximum Gasteiger partial charge on any atom is 0 e. The summed E-state index contributed by atoms with van der Waals surface area (Å²) in [6, 6.07) is 0. The van der Waals surface area contributed by atoms with Gasteiger partial charge in [0.25, 0.3) is 0 Å². The second-order valence-corrected chi connectivity index (χ2v) is 2.39. The summed E-state index contributed by atoms with van der Waals surface area (Å²) in [6.45, 7) is 0. The van der Waals surface area contributed by atoms with Gasteiger partial charge in [-0.15, -0.1) is 0 Å². The number of hydrogen-bond donors (Lipinski definition) is 5.